The summed E-state index contributed by atoms with van der Waals surface area (Å²) in [6, 6.07) is 3.29. The fourth-order valence-electron chi connectivity index (χ4n) is 1.84. The summed E-state index contributed by atoms with van der Waals surface area (Å²) in [5.74, 6) is -0.950. The molecule has 4 heteroatoms. The molecule has 0 aromatic heterocycles. The summed E-state index contributed by atoms with van der Waals surface area (Å²) in [6.07, 6.45) is 0.396. The smallest absolute Gasteiger partial charge is 0.320 e. The quantitative estimate of drug-likeness (QED) is 0.854. The molecule has 0 spiro atoms. The highest BCUT2D eigenvalue weighted by Gasteiger charge is 2.14. The van der Waals surface area contributed by atoms with Crippen molar-refractivity contribution in [2.24, 2.45) is 5.73 Å². The fourth-order valence-corrected chi connectivity index (χ4v) is 1.84. The van der Waals surface area contributed by atoms with Crippen molar-refractivity contribution in [3.05, 3.63) is 34.4 Å². The van der Waals surface area contributed by atoms with Crippen LogP contribution < -0.4 is 5.73 Å². The second-order valence-corrected chi connectivity index (χ2v) is 4.03. The molecule has 1 unspecified atom stereocenters. The molecule has 16 heavy (non-hydrogen) atoms. The second kappa shape index (κ2) is 5.87. The molecule has 0 heterocycles. The van der Waals surface area contributed by atoms with Gasteiger partial charge in [-0.3, -0.25) is 4.79 Å². The van der Waals surface area contributed by atoms with E-state index in [0.29, 0.717) is 6.42 Å². The zero-order valence-corrected chi connectivity index (χ0v) is 10.6. The van der Waals surface area contributed by atoms with Gasteiger partial charge in [0, 0.05) is 0 Å². The predicted octanol–water partition coefficient (Wildman–Crippen LogP) is 1.99. The van der Waals surface area contributed by atoms with Crippen LogP contribution in [-0.4, -0.2) is 17.1 Å². The highest BCUT2D eigenvalue weighted by molar-refractivity contribution is 5.85. The van der Waals surface area contributed by atoms with E-state index in [4.69, 9.17) is 10.8 Å². The Morgan fingerprint density at radius 2 is 1.75 bits per heavy atom. The van der Waals surface area contributed by atoms with Gasteiger partial charge in [0.2, 0.25) is 0 Å². The van der Waals surface area contributed by atoms with Crippen LogP contribution in [0, 0.1) is 20.8 Å². The van der Waals surface area contributed by atoms with Crippen molar-refractivity contribution >= 4 is 18.4 Å². The first-order valence-corrected chi connectivity index (χ1v) is 4.97. The Hall–Kier alpha value is -1.06. The first-order valence-electron chi connectivity index (χ1n) is 4.97. The summed E-state index contributed by atoms with van der Waals surface area (Å²) in [5, 5.41) is 8.75. The van der Waals surface area contributed by atoms with Crippen molar-refractivity contribution in [1.29, 1.82) is 0 Å². The number of carboxylic acid groups (broad SMARTS) is 1. The van der Waals surface area contributed by atoms with E-state index in [1.807, 2.05) is 20.8 Å². The summed E-state index contributed by atoms with van der Waals surface area (Å²) >= 11 is 0. The van der Waals surface area contributed by atoms with Crippen molar-refractivity contribution in [3.63, 3.8) is 0 Å². The lowest BCUT2D eigenvalue weighted by atomic mass is 9.95. The topological polar surface area (TPSA) is 63.3 Å². The highest BCUT2D eigenvalue weighted by atomic mass is 35.5. The summed E-state index contributed by atoms with van der Waals surface area (Å²) in [6.45, 7) is 6.01. The molecule has 1 aromatic rings. The van der Waals surface area contributed by atoms with Gasteiger partial charge in [-0.05, 0) is 43.9 Å². The normalized spacial score (nSPS) is 11.8. The molecule has 0 amide bonds. The zero-order valence-electron chi connectivity index (χ0n) is 9.78. The van der Waals surface area contributed by atoms with Crippen LogP contribution >= 0.6 is 12.4 Å². The van der Waals surface area contributed by atoms with Crippen LogP contribution in [0.1, 0.15) is 22.3 Å². The standard InChI is InChI=1S/C12H17NO2.ClH/c1-7-4-8(2)10(9(3)5-7)6-11(13)12(14)15;/h4-5,11H,6,13H2,1-3H3,(H,14,15);1H. The minimum Gasteiger partial charge on any atom is -0.480 e. The van der Waals surface area contributed by atoms with E-state index in [0.717, 1.165) is 16.7 Å². The first kappa shape index (κ1) is 14.9. The average molecular weight is 244 g/mol. The number of carbonyl (C=O) groups is 1. The molecule has 90 valence electrons. The van der Waals surface area contributed by atoms with E-state index in [1.165, 1.54) is 5.56 Å². The van der Waals surface area contributed by atoms with Crippen molar-refractivity contribution in [3.8, 4) is 0 Å². The Labute approximate surface area is 102 Å². The molecule has 0 bridgehead atoms. The Bertz CT molecular complexity index is 368. The van der Waals surface area contributed by atoms with Gasteiger partial charge in [-0.2, -0.15) is 0 Å². The van der Waals surface area contributed by atoms with Crippen molar-refractivity contribution < 1.29 is 9.90 Å². The molecule has 0 radical (unpaired) electrons. The first-order chi connectivity index (χ1) is 6.91. The average Bonchev–Trinajstić information content (AvgIpc) is 2.10. The van der Waals surface area contributed by atoms with Crippen LogP contribution in [-0.2, 0) is 11.2 Å². The summed E-state index contributed by atoms with van der Waals surface area (Å²) in [4.78, 5) is 10.7. The molecule has 0 fully saturated rings. The van der Waals surface area contributed by atoms with Crippen LogP contribution in [0.25, 0.3) is 0 Å². The predicted molar refractivity (Wildman–Crippen MR) is 67.2 cm³/mol. The number of hydrogen-bond donors (Lipinski definition) is 2. The molecule has 0 aliphatic rings. The van der Waals surface area contributed by atoms with Crippen molar-refractivity contribution in [1.82, 2.24) is 0 Å². The number of nitrogens with two attached hydrogens (primary N) is 1. The van der Waals surface area contributed by atoms with Gasteiger partial charge in [0.1, 0.15) is 6.04 Å². The van der Waals surface area contributed by atoms with Crippen molar-refractivity contribution in [2.75, 3.05) is 0 Å². The Balaban J connectivity index is 0.00000225. The Kier molecular flexibility index (Phi) is 5.48. The van der Waals surface area contributed by atoms with E-state index in [-0.39, 0.29) is 12.4 Å². The van der Waals surface area contributed by atoms with E-state index >= 15 is 0 Å². The second-order valence-electron chi connectivity index (χ2n) is 4.03. The summed E-state index contributed by atoms with van der Waals surface area (Å²) in [7, 11) is 0. The van der Waals surface area contributed by atoms with Crippen LogP contribution in [0.15, 0.2) is 12.1 Å². The lowest BCUT2D eigenvalue weighted by Gasteiger charge is -2.13. The SMILES string of the molecule is Cc1cc(C)c(CC(N)C(=O)O)c(C)c1.Cl. The number of aryl methyl sites for hydroxylation is 3. The van der Waals surface area contributed by atoms with Gasteiger partial charge in [0.05, 0.1) is 0 Å². The molecular formula is C12H18ClNO2. The van der Waals surface area contributed by atoms with Crippen LogP contribution in [0.3, 0.4) is 0 Å². The summed E-state index contributed by atoms with van der Waals surface area (Å²) < 4.78 is 0. The third-order valence-corrected chi connectivity index (χ3v) is 2.58. The monoisotopic (exact) mass is 243 g/mol. The molecule has 0 aliphatic heterocycles. The lowest BCUT2D eigenvalue weighted by Crippen LogP contribution is -2.32. The number of hydrogen-bond acceptors (Lipinski definition) is 2. The highest BCUT2D eigenvalue weighted by Crippen LogP contribution is 2.17. The van der Waals surface area contributed by atoms with Gasteiger partial charge in [-0.15, -0.1) is 12.4 Å². The maximum absolute atomic E-state index is 10.7. The van der Waals surface area contributed by atoms with Gasteiger partial charge in [0.25, 0.3) is 0 Å². The largest absolute Gasteiger partial charge is 0.480 e. The summed E-state index contributed by atoms with van der Waals surface area (Å²) in [5.41, 5.74) is 10.00. The minimum atomic E-state index is -0.950. The maximum atomic E-state index is 10.7. The number of aliphatic carboxylic acids is 1. The molecule has 0 saturated carbocycles. The number of rotatable bonds is 3. The molecule has 1 aromatic carbocycles. The van der Waals surface area contributed by atoms with Gasteiger partial charge in [-0.25, -0.2) is 0 Å². The van der Waals surface area contributed by atoms with E-state index in [9.17, 15) is 4.79 Å². The van der Waals surface area contributed by atoms with E-state index < -0.39 is 12.0 Å². The number of benzene rings is 1. The molecule has 3 nitrogen and oxygen atoms in total. The Morgan fingerprint density at radius 3 is 2.12 bits per heavy atom. The molecule has 0 saturated heterocycles. The minimum absolute atomic E-state index is 0. The Morgan fingerprint density at radius 1 is 1.31 bits per heavy atom. The molecule has 0 aliphatic carbocycles. The maximum Gasteiger partial charge on any atom is 0.320 e. The third kappa shape index (κ3) is 3.51. The van der Waals surface area contributed by atoms with Crippen LogP contribution in [0.5, 0.6) is 0 Å². The zero-order chi connectivity index (χ0) is 11.6. The molecule has 1 atom stereocenters. The van der Waals surface area contributed by atoms with Gasteiger partial charge >= 0.3 is 5.97 Å². The molecule has 3 N–H and O–H groups in total. The lowest BCUT2D eigenvalue weighted by molar-refractivity contribution is -0.138. The fraction of sp³-hybridized carbons (Fsp3) is 0.417. The van der Waals surface area contributed by atoms with Crippen LogP contribution in [0.4, 0.5) is 0 Å². The number of carboxylic acids is 1. The van der Waals surface area contributed by atoms with E-state index in [1.54, 1.807) is 0 Å². The van der Waals surface area contributed by atoms with Crippen molar-refractivity contribution in [2.45, 2.75) is 33.2 Å². The molecule has 1 rings (SSSR count). The van der Waals surface area contributed by atoms with Crippen LogP contribution in [0.2, 0.25) is 0 Å². The van der Waals surface area contributed by atoms with Gasteiger partial charge in [-0.1, -0.05) is 17.7 Å². The van der Waals surface area contributed by atoms with E-state index in [2.05, 4.69) is 12.1 Å². The van der Waals surface area contributed by atoms with Gasteiger partial charge in [0.15, 0.2) is 0 Å². The molecular weight excluding hydrogens is 226 g/mol. The van der Waals surface area contributed by atoms with Gasteiger partial charge < -0.3 is 10.8 Å². The third-order valence-electron chi connectivity index (χ3n) is 2.58. The number of halogens is 1.